The average Bonchev–Trinajstić information content (AvgIpc) is 2.41. The molecule has 0 radical (unpaired) electrons. The summed E-state index contributed by atoms with van der Waals surface area (Å²) in [7, 11) is 0. The third-order valence-corrected chi connectivity index (χ3v) is 3.11. The minimum Gasteiger partial charge on any atom is -0.373 e. The number of carbonyl (C=O) groups excluding carboxylic acids is 1. The van der Waals surface area contributed by atoms with Gasteiger partial charge in [-0.2, -0.15) is 5.26 Å². The SMILES string of the molecule is CCN(CC)C(=O)C(C)Nc1ccc(C)cc1C#N. The van der Waals surface area contributed by atoms with Crippen LogP contribution < -0.4 is 5.32 Å². The summed E-state index contributed by atoms with van der Waals surface area (Å²) < 4.78 is 0. The minimum atomic E-state index is -0.338. The number of carbonyl (C=O) groups is 1. The fourth-order valence-electron chi connectivity index (χ4n) is 1.98. The number of rotatable bonds is 5. The Bertz CT molecular complexity index is 487. The Hall–Kier alpha value is -2.02. The zero-order chi connectivity index (χ0) is 14.4. The van der Waals surface area contributed by atoms with Crippen LogP contribution in [0.5, 0.6) is 0 Å². The van der Waals surface area contributed by atoms with E-state index in [9.17, 15) is 4.79 Å². The van der Waals surface area contributed by atoms with Crippen LogP contribution in [0.3, 0.4) is 0 Å². The molecule has 4 nitrogen and oxygen atoms in total. The summed E-state index contributed by atoms with van der Waals surface area (Å²) in [6, 6.07) is 7.40. The molecule has 1 rings (SSSR count). The molecular formula is C15H21N3O. The third kappa shape index (κ3) is 3.72. The molecule has 0 heterocycles. The molecule has 1 amide bonds. The van der Waals surface area contributed by atoms with E-state index < -0.39 is 0 Å². The van der Waals surface area contributed by atoms with Gasteiger partial charge in [-0.3, -0.25) is 4.79 Å². The molecule has 1 aromatic carbocycles. The Balaban J connectivity index is 2.85. The molecule has 0 fully saturated rings. The summed E-state index contributed by atoms with van der Waals surface area (Å²) in [5, 5.41) is 12.2. The highest BCUT2D eigenvalue weighted by molar-refractivity contribution is 5.84. The molecule has 0 aliphatic heterocycles. The van der Waals surface area contributed by atoms with Gasteiger partial charge >= 0.3 is 0 Å². The van der Waals surface area contributed by atoms with E-state index in [-0.39, 0.29) is 11.9 Å². The molecule has 1 aromatic rings. The molecule has 19 heavy (non-hydrogen) atoms. The Kier molecular flexibility index (Phi) is 5.37. The molecule has 0 aliphatic carbocycles. The summed E-state index contributed by atoms with van der Waals surface area (Å²) in [5.41, 5.74) is 2.31. The number of nitrogens with one attached hydrogen (secondary N) is 1. The Morgan fingerprint density at radius 2 is 2.05 bits per heavy atom. The van der Waals surface area contributed by atoms with Crippen LogP contribution in [0.1, 0.15) is 31.9 Å². The molecule has 1 N–H and O–H groups in total. The lowest BCUT2D eigenvalue weighted by atomic mass is 10.1. The Morgan fingerprint density at radius 1 is 1.42 bits per heavy atom. The molecule has 0 spiro atoms. The highest BCUT2D eigenvalue weighted by Crippen LogP contribution is 2.17. The van der Waals surface area contributed by atoms with E-state index in [1.807, 2.05) is 45.9 Å². The van der Waals surface area contributed by atoms with Gasteiger partial charge in [0.2, 0.25) is 5.91 Å². The van der Waals surface area contributed by atoms with Crippen molar-refractivity contribution in [1.29, 1.82) is 5.26 Å². The number of nitriles is 1. The number of aryl methyl sites for hydroxylation is 1. The van der Waals surface area contributed by atoms with Crippen LogP contribution in [0.2, 0.25) is 0 Å². The molecule has 0 aliphatic rings. The van der Waals surface area contributed by atoms with Crippen LogP contribution in [0.4, 0.5) is 5.69 Å². The Labute approximate surface area is 115 Å². The quantitative estimate of drug-likeness (QED) is 0.884. The van der Waals surface area contributed by atoms with Crippen LogP contribution in [0.25, 0.3) is 0 Å². The molecule has 4 heteroatoms. The van der Waals surface area contributed by atoms with Gasteiger partial charge in [0, 0.05) is 13.1 Å². The Morgan fingerprint density at radius 3 is 2.58 bits per heavy atom. The van der Waals surface area contributed by atoms with Gasteiger partial charge in [0.05, 0.1) is 11.3 Å². The minimum absolute atomic E-state index is 0.0504. The van der Waals surface area contributed by atoms with Crippen molar-refractivity contribution in [3.8, 4) is 6.07 Å². The van der Waals surface area contributed by atoms with E-state index in [4.69, 9.17) is 5.26 Å². The average molecular weight is 259 g/mol. The summed E-state index contributed by atoms with van der Waals surface area (Å²) in [6.45, 7) is 9.07. The topological polar surface area (TPSA) is 56.1 Å². The molecular weight excluding hydrogens is 238 g/mol. The van der Waals surface area contributed by atoms with Gasteiger partial charge in [0.15, 0.2) is 0 Å². The zero-order valence-corrected chi connectivity index (χ0v) is 12.0. The van der Waals surface area contributed by atoms with Crippen LogP contribution in [-0.4, -0.2) is 29.9 Å². The van der Waals surface area contributed by atoms with Crippen molar-refractivity contribution < 1.29 is 4.79 Å². The largest absolute Gasteiger partial charge is 0.373 e. The summed E-state index contributed by atoms with van der Waals surface area (Å²) >= 11 is 0. The van der Waals surface area contributed by atoms with Gasteiger partial charge in [-0.1, -0.05) is 6.07 Å². The fraction of sp³-hybridized carbons (Fsp3) is 0.467. The van der Waals surface area contributed by atoms with E-state index >= 15 is 0 Å². The molecule has 0 bridgehead atoms. The highest BCUT2D eigenvalue weighted by atomic mass is 16.2. The second-order valence-electron chi connectivity index (χ2n) is 4.54. The lowest BCUT2D eigenvalue weighted by Crippen LogP contribution is -2.41. The molecule has 1 atom stereocenters. The van der Waals surface area contributed by atoms with Crippen molar-refractivity contribution in [2.75, 3.05) is 18.4 Å². The first-order valence-electron chi connectivity index (χ1n) is 6.59. The third-order valence-electron chi connectivity index (χ3n) is 3.11. The van der Waals surface area contributed by atoms with Gasteiger partial charge < -0.3 is 10.2 Å². The molecule has 0 saturated heterocycles. The normalized spacial score (nSPS) is 11.5. The molecule has 0 saturated carbocycles. The second kappa shape index (κ2) is 6.79. The van der Waals surface area contributed by atoms with Gasteiger partial charge in [0.1, 0.15) is 12.1 Å². The first-order valence-corrected chi connectivity index (χ1v) is 6.59. The maximum atomic E-state index is 12.2. The maximum Gasteiger partial charge on any atom is 0.244 e. The predicted octanol–water partition coefficient (Wildman–Crippen LogP) is 2.54. The zero-order valence-electron chi connectivity index (χ0n) is 12.0. The number of benzene rings is 1. The van der Waals surface area contributed by atoms with Crippen molar-refractivity contribution in [1.82, 2.24) is 4.90 Å². The first-order chi connectivity index (χ1) is 9.03. The van der Waals surface area contributed by atoms with Crippen molar-refractivity contribution in [3.05, 3.63) is 29.3 Å². The first kappa shape index (κ1) is 15.0. The van der Waals surface area contributed by atoms with Crippen molar-refractivity contribution in [2.45, 2.75) is 33.7 Å². The second-order valence-corrected chi connectivity index (χ2v) is 4.54. The van der Waals surface area contributed by atoms with Crippen molar-refractivity contribution >= 4 is 11.6 Å². The molecule has 102 valence electrons. The maximum absolute atomic E-state index is 12.2. The smallest absolute Gasteiger partial charge is 0.244 e. The molecule has 1 unspecified atom stereocenters. The standard InChI is InChI=1S/C15H21N3O/c1-5-18(6-2)15(19)12(4)17-14-8-7-11(3)9-13(14)10-16/h7-9,12,17H,5-6H2,1-4H3. The van der Waals surface area contributed by atoms with Crippen LogP contribution in [-0.2, 0) is 4.79 Å². The van der Waals surface area contributed by atoms with Gasteiger partial charge in [0.25, 0.3) is 0 Å². The van der Waals surface area contributed by atoms with E-state index in [2.05, 4.69) is 11.4 Å². The monoisotopic (exact) mass is 259 g/mol. The number of nitrogens with zero attached hydrogens (tertiary/aromatic N) is 2. The van der Waals surface area contributed by atoms with E-state index in [1.165, 1.54) is 0 Å². The number of anilines is 1. The summed E-state index contributed by atoms with van der Waals surface area (Å²) in [6.07, 6.45) is 0. The molecule has 0 aromatic heterocycles. The number of amides is 1. The van der Waals surface area contributed by atoms with Gasteiger partial charge in [-0.15, -0.1) is 0 Å². The van der Waals surface area contributed by atoms with Gasteiger partial charge in [-0.25, -0.2) is 0 Å². The summed E-state index contributed by atoms with van der Waals surface area (Å²) in [5.74, 6) is 0.0504. The number of hydrogen-bond donors (Lipinski definition) is 1. The number of hydrogen-bond acceptors (Lipinski definition) is 3. The van der Waals surface area contributed by atoms with Crippen LogP contribution >= 0.6 is 0 Å². The van der Waals surface area contributed by atoms with Crippen LogP contribution in [0, 0.1) is 18.3 Å². The van der Waals surface area contributed by atoms with Crippen molar-refractivity contribution in [2.24, 2.45) is 0 Å². The fourth-order valence-corrected chi connectivity index (χ4v) is 1.98. The number of likely N-dealkylation sites (N-methyl/N-ethyl adjacent to an activating group) is 1. The van der Waals surface area contributed by atoms with Crippen molar-refractivity contribution in [3.63, 3.8) is 0 Å². The van der Waals surface area contributed by atoms with E-state index in [0.29, 0.717) is 24.3 Å². The van der Waals surface area contributed by atoms with E-state index in [0.717, 1.165) is 5.56 Å². The highest BCUT2D eigenvalue weighted by Gasteiger charge is 2.18. The lowest BCUT2D eigenvalue weighted by Gasteiger charge is -2.24. The predicted molar refractivity (Wildman–Crippen MR) is 76.9 cm³/mol. The van der Waals surface area contributed by atoms with E-state index in [1.54, 1.807) is 4.90 Å². The van der Waals surface area contributed by atoms with Gasteiger partial charge in [-0.05, 0) is 45.4 Å². The lowest BCUT2D eigenvalue weighted by molar-refractivity contribution is -0.131. The van der Waals surface area contributed by atoms with Crippen LogP contribution in [0.15, 0.2) is 18.2 Å². The summed E-state index contributed by atoms with van der Waals surface area (Å²) in [4.78, 5) is 13.9.